The van der Waals surface area contributed by atoms with Gasteiger partial charge < -0.3 is 15.6 Å². The largest absolute Gasteiger partial charge is 0.393 e. The van der Waals surface area contributed by atoms with Gasteiger partial charge >= 0.3 is 0 Å². The van der Waals surface area contributed by atoms with E-state index in [9.17, 15) is 10.1 Å². The number of nitro benzene ring substituents is 1. The molecular weight excluding hydrogens is 298 g/mol. The fourth-order valence-electron chi connectivity index (χ4n) is 1.72. The lowest BCUT2D eigenvalue weighted by Crippen LogP contribution is -2.24. The van der Waals surface area contributed by atoms with Crippen LogP contribution in [0.15, 0.2) is 22.7 Å². The Morgan fingerprint density at radius 2 is 2.24 bits per heavy atom. The third-order valence-electron chi connectivity index (χ3n) is 2.96. The third kappa shape index (κ3) is 3.67. The van der Waals surface area contributed by atoms with Crippen molar-refractivity contribution in [2.45, 2.75) is 19.4 Å². The quantitative estimate of drug-likeness (QED) is 0.490. The molecular formula is C12H16ClN5O3. The summed E-state index contributed by atoms with van der Waals surface area (Å²) >= 11 is 0. The van der Waals surface area contributed by atoms with Crippen LogP contribution in [0.2, 0.25) is 0 Å². The number of nitrogens with zero attached hydrogens (tertiary/aromatic N) is 3. The van der Waals surface area contributed by atoms with E-state index in [2.05, 4.69) is 15.5 Å². The van der Waals surface area contributed by atoms with Crippen molar-refractivity contribution in [3.63, 3.8) is 0 Å². The summed E-state index contributed by atoms with van der Waals surface area (Å²) in [6.07, 6.45) is 0.592. The number of anilines is 1. The Morgan fingerprint density at radius 1 is 1.52 bits per heavy atom. The first-order valence-corrected chi connectivity index (χ1v) is 6.06. The molecule has 0 radical (unpaired) electrons. The number of nitro groups is 1. The second kappa shape index (κ2) is 7.00. The fraction of sp³-hybridized carbons (Fsp3) is 0.333. The molecule has 1 heterocycles. The van der Waals surface area contributed by atoms with Crippen LogP contribution in [-0.2, 0) is 6.42 Å². The lowest BCUT2D eigenvalue weighted by Gasteiger charge is -2.04. The van der Waals surface area contributed by atoms with Crippen LogP contribution in [0.25, 0.3) is 11.5 Å². The van der Waals surface area contributed by atoms with Gasteiger partial charge in [0.15, 0.2) is 5.82 Å². The van der Waals surface area contributed by atoms with Crippen LogP contribution in [0.3, 0.4) is 0 Å². The summed E-state index contributed by atoms with van der Waals surface area (Å²) < 4.78 is 5.12. The van der Waals surface area contributed by atoms with Crippen molar-refractivity contribution in [3.05, 3.63) is 34.1 Å². The number of likely N-dealkylation sites (N-methyl/N-ethyl adjacent to an activating group) is 1. The summed E-state index contributed by atoms with van der Waals surface area (Å²) in [6.45, 7) is 1.98. The molecule has 8 nitrogen and oxygen atoms in total. The van der Waals surface area contributed by atoms with Crippen LogP contribution >= 0.6 is 12.4 Å². The van der Waals surface area contributed by atoms with E-state index >= 15 is 0 Å². The molecule has 3 N–H and O–H groups in total. The summed E-state index contributed by atoms with van der Waals surface area (Å²) in [4.78, 5) is 14.5. The number of nitrogens with two attached hydrogens (primary N) is 1. The zero-order valence-electron chi connectivity index (χ0n) is 11.6. The van der Waals surface area contributed by atoms with Gasteiger partial charge in [-0.3, -0.25) is 10.1 Å². The molecule has 9 heteroatoms. The number of para-hydroxylation sites is 1. The number of aromatic nitrogens is 2. The van der Waals surface area contributed by atoms with E-state index in [1.807, 2.05) is 14.0 Å². The molecule has 0 aliphatic carbocycles. The van der Waals surface area contributed by atoms with E-state index in [0.717, 1.165) is 0 Å². The van der Waals surface area contributed by atoms with E-state index in [-0.39, 0.29) is 35.7 Å². The molecule has 0 saturated carbocycles. The number of benzene rings is 1. The minimum absolute atomic E-state index is 0. The van der Waals surface area contributed by atoms with Gasteiger partial charge in [-0.1, -0.05) is 11.2 Å². The fourth-order valence-corrected chi connectivity index (χ4v) is 1.72. The first kappa shape index (κ1) is 16.9. The SMILES string of the molecule is CNC(C)Cc1noc(-c2cccc([N+](=O)[O-])c2N)n1.Cl. The number of nitrogen functional groups attached to an aromatic ring is 1. The number of nitrogens with one attached hydrogen (secondary N) is 1. The Kier molecular flexibility index (Phi) is 5.62. The predicted octanol–water partition coefficient (Wildman–Crippen LogP) is 1.80. The number of hydrogen-bond acceptors (Lipinski definition) is 7. The minimum Gasteiger partial charge on any atom is -0.393 e. The molecule has 0 saturated heterocycles. The Labute approximate surface area is 127 Å². The molecule has 0 aliphatic rings. The standard InChI is InChI=1S/C12H15N5O3.ClH/c1-7(14-2)6-10-15-12(20-16-10)8-4-3-5-9(11(8)13)17(18)19;/h3-5,7,14H,6,13H2,1-2H3;1H. The second-order valence-electron chi connectivity index (χ2n) is 4.41. The average molecular weight is 314 g/mol. The van der Waals surface area contributed by atoms with Crippen molar-refractivity contribution < 1.29 is 9.45 Å². The maximum absolute atomic E-state index is 10.8. The molecule has 21 heavy (non-hydrogen) atoms. The molecule has 1 aromatic carbocycles. The number of rotatable bonds is 5. The van der Waals surface area contributed by atoms with Gasteiger partial charge in [0.05, 0.1) is 10.5 Å². The topological polar surface area (TPSA) is 120 Å². The van der Waals surface area contributed by atoms with Crippen LogP contribution < -0.4 is 11.1 Å². The highest BCUT2D eigenvalue weighted by Gasteiger charge is 2.19. The lowest BCUT2D eigenvalue weighted by molar-refractivity contribution is -0.383. The van der Waals surface area contributed by atoms with Crippen LogP contribution in [-0.4, -0.2) is 28.2 Å². The van der Waals surface area contributed by atoms with E-state index in [1.165, 1.54) is 12.1 Å². The molecule has 0 amide bonds. The maximum atomic E-state index is 10.8. The molecule has 0 bridgehead atoms. The van der Waals surface area contributed by atoms with Crippen molar-refractivity contribution >= 4 is 23.8 Å². The van der Waals surface area contributed by atoms with E-state index in [0.29, 0.717) is 17.8 Å². The van der Waals surface area contributed by atoms with Crippen LogP contribution in [0, 0.1) is 10.1 Å². The zero-order valence-corrected chi connectivity index (χ0v) is 12.4. The van der Waals surface area contributed by atoms with E-state index < -0.39 is 4.92 Å². The first-order chi connectivity index (χ1) is 9.52. The first-order valence-electron chi connectivity index (χ1n) is 6.06. The summed E-state index contributed by atoms with van der Waals surface area (Å²) in [5, 5.41) is 17.8. The molecule has 2 rings (SSSR count). The molecule has 114 valence electrons. The Balaban J connectivity index is 0.00000220. The summed E-state index contributed by atoms with van der Waals surface area (Å²) in [7, 11) is 1.84. The van der Waals surface area contributed by atoms with Crippen molar-refractivity contribution in [3.8, 4) is 11.5 Å². The van der Waals surface area contributed by atoms with Gasteiger partial charge in [-0.2, -0.15) is 4.98 Å². The lowest BCUT2D eigenvalue weighted by atomic mass is 10.1. The normalized spacial score (nSPS) is 11.7. The number of hydrogen-bond donors (Lipinski definition) is 2. The molecule has 1 atom stereocenters. The van der Waals surface area contributed by atoms with Crippen molar-refractivity contribution in [1.29, 1.82) is 0 Å². The van der Waals surface area contributed by atoms with Gasteiger partial charge in [-0.05, 0) is 20.0 Å². The average Bonchev–Trinajstić information content (AvgIpc) is 2.86. The molecule has 0 aliphatic heterocycles. The molecule has 1 aromatic heterocycles. The maximum Gasteiger partial charge on any atom is 0.292 e. The van der Waals surface area contributed by atoms with Gasteiger partial charge in [0.1, 0.15) is 5.69 Å². The second-order valence-corrected chi connectivity index (χ2v) is 4.41. The van der Waals surface area contributed by atoms with Gasteiger partial charge in [-0.15, -0.1) is 12.4 Å². The minimum atomic E-state index is -0.542. The van der Waals surface area contributed by atoms with E-state index in [1.54, 1.807) is 6.07 Å². The van der Waals surface area contributed by atoms with Gasteiger partial charge in [-0.25, -0.2) is 0 Å². The Bertz CT molecular complexity index is 631. The predicted molar refractivity (Wildman–Crippen MR) is 80.3 cm³/mol. The Hall–Kier alpha value is -2.19. The highest BCUT2D eigenvalue weighted by atomic mass is 35.5. The summed E-state index contributed by atoms with van der Waals surface area (Å²) in [5.74, 6) is 0.706. The molecule has 0 fully saturated rings. The molecule has 0 spiro atoms. The zero-order chi connectivity index (χ0) is 14.7. The van der Waals surface area contributed by atoms with E-state index in [4.69, 9.17) is 10.3 Å². The van der Waals surface area contributed by atoms with Crippen molar-refractivity contribution in [2.24, 2.45) is 0 Å². The highest BCUT2D eigenvalue weighted by molar-refractivity contribution is 5.85. The summed E-state index contributed by atoms with van der Waals surface area (Å²) in [6, 6.07) is 4.67. The highest BCUT2D eigenvalue weighted by Crippen LogP contribution is 2.31. The summed E-state index contributed by atoms with van der Waals surface area (Å²) in [5.41, 5.74) is 5.99. The van der Waals surface area contributed by atoms with Gasteiger partial charge in [0.2, 0.25) is 0 Å². The van der Waals surface area contributed by atoms with Gasteiger partial charge in [0.25, 0.3) is 11.6 Å². The van der Waals surface area contributed by atoms with Crippen molar-refractivity contribution in [1.82, 2.24) is 15.5 Å². The van der Waals surface area contributed by atoms with Crippen LogP contribution in [0.4, 0.5) is 11.4 Å². The molecule has 2 aromatic rings. The van der Waals surface area contributed by atoms with Gasteiger partial charge in [0, 0.05) is 18.5 Å². The monoisotopic (exact) mass is 313 g/mol. The smallest absolute Gasteiger partial charge is 0.292 e. The Morgan fingerprint density at radius 3 is 2.86 bits per heavy atom. The third-order valence-corrected chi connectivity index (χ3v) is 2.96. The number of halogens is 1. The molecule has 1 unspecified atom stereocenters. The van der Waals surface area contributed by atoms with Crippen LogP contribution in [0.1, 0.15) is 12.7 Å². The van der Waals surface area contributed by atoms with Crippen LogP contribution in [0.5, 0.6) is 0 Å². The van der Waals surface area contributed by atoms with Crippen molar-refractivity contribution in [2.75, 3.05) is 12.8 Å².